The molecule has 1 atom stereocenters. The van der Waals surface area contributed by atoms with Crippen LogP contribution in [0, 0.1) is 0 Å². The number of carbonyl (C=O) groups excluding carboxylic acids is 1. The summed E-state index contributed by atoms with van der Waals surface area (Å²) in [6.07, 6.45) is 3.42. The Labute approximate surface area is 149 Å². The van der Waals surface area contributed by atoms with Gasteiger partial charge in [-0.1, -0.05) is 42.5 Å². The Morgan fingerprint density at radius 3 is 2.68 bits per heavy atom. The van der Waals surface area contributed by atoms with Gasteiger partial charge in [-0.15, -0.1) is 0 Å². The van der Waals surface area contributed by atoms with Crippen LogP contribution in [0.3, 0.4) is 0 Å². The van der Waals surface area contributed by atoms with Gasteiger partial charge in [0, 0.05) is 19.7 Å². The maximum atomic E-state index is 12.4. The second kappa shape index (κ2) is 7.88. The molecule has 0 fully saturated rings. The molecule has 2 aromatic rings. The van der Waals surface area contributed by atoms with E-state index in [4.69, 9.17) is 4.74 Å². The van der Waals surface area contributed by atoms with Crippen molar-refractivity contribution in [3.63, 3.8) is 0 Å². The predicted octanol–water partition coefficient (Wildman–Crippen LogP) is 3.45. The highest BCUT2D eigenvalue weighted by Gasteiger charge is 2.26. The van der Waals surface area contributed by atoms with Crippen molar-refractivity contribution in [1.29, 1.82) is 0 Å². The zero-order chi connectivity index (χ0) is 17.6. The standard InChI is InChI=1S/C21H24N2O2/c1-3-23-16-18(25-20-12-8-7-11-19(20)23)15-22(2)21(24)14-13-17-9-5-4-6-10-17/h4-14,18H,3,15-16H2,1-2H3/b14-13+/t18-/m1/s1. The van der Waals surface area contributed by atoms with Crippen molar-refractivity contribution in [1.82, 2.24) is 4.90 Å². The van der Waals surface area contributed by atoms with Crippen molar-refractivity contribution >= 4 is 17.7 Å². The number of carbonyl (C=O) groups is 1. The van der Waals surface area contributed by atoms with Crippen molar-refractivity contribution in [3.8, 4) is 5.75 Å². The number of nitrogens with zero attached hydrogens (tertiary/aromatic N) is 2. The number of ether oxygens (including phenoxy) is 1. The Morgan fingerprint density at radius 1 is 1.20 bits per heavy atom. The lowest BCUT2D eigenvalue weighted by atomic mass is 10.1. The summed E-state index contributed by atoms with van der Waals surface area (Å²) in [7, 11) is 1.82. The van der Waals surface area contributed by atoms with Gasteiger partial charge in [0.15, 0.2) is 0 Å². The average Bonchev–Trinajstić information content (AvgIpc) is 2.66. The number of hydrogen-bond donors (Lipinski definition) is 0. The van der Waals surface area contributed by atoms with Crippen molar-refractivity contribution in [2.45, 2.75) is 13.0 Å². The fourth-order valence-electron chi connectivity index (χ4n) is 3.03. The van der Waals surface area contributed by atoms with E-state index < -0.39 is 0 Å². The molecule has 25 heavy (non-hydrogen) atoms. The van der Waals surface area contributed by atoms with Crippen molar-refractivity contribution in [2.75, 3.05) is 31.6 Å². The summed E-state index contributed by atoms with van der Waals surface area (Å²) in [5.41, 5.74) is 2.14. The molecule has 0 N–H and O–H groups in total. The Kier molecular flexibility index (Phi) is 5.39. The van der Waals surface area contributed by atoms with Gasteiger partial charge in [-0.25, -0.2) is 0 Å². The summed E-state index contributed by atoms with van der Waals surface area (Å²) in [6, 6.07) is 17.9. The fraction of sp³-hybridized carbons (Fsp3) is 0.286. The molecule has 0 saturated heterocycles. The molecule has 1 heterocycles. The molecule has 2 aromatic carbocycles. The zero-order valence-corrected chi connectivity index (χ0v) is 14.8. The number of amides is 1. The minimum atomic E-state index is -0.0334. The van der Waals surface area contributed by atoms with Crippen LogP contribution in [0.15, 0.2) is 60.7 Å². The second-order valence-corrected chi connectivity index (χ2v) is 6.21. The van der Waals surface area contributed by atoms with E-state index in [-0.39, 0.29) is 12.0 Å². The number of likely N-dealkylation sites (N-methyl/N-ethyl adjacent to an activating group) is 2. The third-order valence-electron chi connectivity index (χ3n) is 4.38. The number of anilines is 1. The molecule has 1 aliphatic heterocycles. The molecule has 130 valence electrons. The van der Waals surface area contributed by atoms with E-state index in [2.05, 4.69) is 17.9 Å². The van der Waals surface area contributed by atoms with Crippen LogP contribution in [-0.4, -0.2) is 43.6 Å². The number of para-hydroxylation sites is 2. The topological polar surface area (TPSA) is 32.8 Å². The van der Waals surface area contributed by atoms with E-state index in [1.807, 2.05) is 61.7 Å². The molecule has 4 nitrogen and oxygen atoms in total. The lowest BCUT2D eigenvalue weighted by molar-refractivity contribution is -0.125. The van der Waals surface area contributed by atoms with E-state index in [9.17, 15) is 4.79 Å². The summed E-state index contributed by atoms with van der Waals surface area (Å²) in [6.45, 7) is 4.40. The highest BCUT2D eigenvalue weighted by atomic mass is 16.5. The highest BCUT2D eigenvalue weighted by Crippen LogP contribution is 2.32. The van der Waals surface area contributed by atoms with Crippen LogP contribution in [0.5, 0.6) is 5.75 Å². The first kappa shape index (κ1) is 17.1. The molecule has 0 aromatic heterocycles. The molecular formula is C21H24N2O2. The van der Waals surface area contributed by atoms with Gasteiger partial charge in [0.1, 0.15) is 11.9 Å². The number of rotatable bonds is 5. The van der Waals surface area contributed by atoms with Crippen molar-refractivity contribution < 1.29 is 9.53 Å². The quantitative estimate of drug-likeness (QED) is 0.784. The molecule has 0 radical (unpaired) electrons. The Bertz CT molecular complexity index is 743. The smallest absolute Gasteiger partial charge is 0.246 e. The Morgan fingerprint density at radius 2 is 1.92 bits per heavy atom. The number of fused-ring (bicyclic) bond motifs is 1. The van der Waals surface area contributed by atoms with E-state index in [0.29, 0.717) is 6.54 Å². The van der Waals surface area contributed by atoms with E-state index in [1.54, 1.807) is 11.0 Å². The predicted molar refractivity (Wildman–Crippen MR) is 102 cm³/mol. The van der Waals surface area contributed by atoms with Gasteiger partial charge in [0.2, 0.25) is 5.91 Å². The van der Waals surface area contributed by atoms with Crippen molar-refractivity contribution in [2.24, 2.45) is 0 Å². The van der Waals surface area contributed by atoms with Crippen LogP contribution in [0.25, 0.3) is 6.08 Å². The Hall–Kier alpha value is -2.75. The van der Waals surface area contributed by atoms with Gasteiger partial charge in [-0.3, -0.25) is 4.79 Å². The van der Waals surface area contributed by atoms with Gasteiger partial charge >= 0.3 is 0 Å². The second-order valence-electron chi connectivity index (χ2n) is 6.21. The summed E-state index contributed by atoms with van der Waals surface area (Å²) in [4.78, 5) is 16.4. The molecule has 0 aliphatic carbocycles. The van der Waals surface area contributed by atoms with Crippen LogP contribution in [0.2, 0.25) is 0 Å². The third kappa shape index (κ3) is 4.21. The monoisotopic (exact) mass is 336 g/mol. The van der Waals surface area contributed by atoms with Gasteiger partial charge in [-0.2, -0.15) is 0 Å². The molecule has 0 bridgehead atoms. The summed E-state index contributed by atoms with van der Waals surface area (Å²) < 4.78 is 6.09. The third-order valence-corrected chi connectivity index (χ3v) is 4.38. The summed E-state index contributed by atoms with van der Waals surface area (Å²) in [5, 5.41) is 0. The first-order valence-electron chi connectivity index (χ1n) is 8.66. The van der Waals surface area contributed by atoms with Crippen LogP contribution in [0.1, 0.15) is 12.5 Å². The fourth-order valence-corrected chi connectivity index (χ4v) is 3.03. The Balaban J connectivity index is 1.62. The lowest BCUT2D eigenvalue weighted by Gasteiger charge is -2.37. The van der Waals surface area contributed by atoms with Gasteiger partial charge in [-0.05, 0) is 30.7 Å². The SMILES string of the molecule is CCN1C[C@@H](CN(C)C(=O)/C=C/c2ccccc2)Oc2ccccc21. The number of hydrogen-bond acceptors (Lipinski definition) is 3. The lowest BCUT2D eigenvalue weighted by Crippen LogP contribution is -2.46. The minimum Gasteiger partial charge on any atom is -0.485 e. The van der Waals surface area contributed by atoms with Crippen LogP contribution in [0.4, 0.5) is 5.69 Å². The normalized spacial score (nSPS) is 16.4. The summed E-state index contributed by atoms with van der Waals surface area (Å²) >= 11 is 0. The highest BCUT2D eigenvalue weighted by molar-refractivity contribution is 5.91. The van der Waals surface area contributed by atoms with Crippen LogP contribution in [-0.2, 0) is 4.79 Å². The molecule has 0 spiro atoms. The molecular weight excluding hydrogens is 312 g/mol. The largest absolute Gasteiger partial charge is 0.485 e. The van der Waals surface area contributed by atoms with Crippen LogP contribution >= 0.6 is 0 Å². The molecule has 0 unspecified atom stereocenters. The molecule has 0 saturated carbocycles. The van der Waals surface area contributed by atoms with Crippen LogP contribution < -0.4 is 9.64 Å². The van der Waals surface area contributed by atoms with Crippen molar-refractivity contribution in [3.05, 3.63) is 66.2 Å². The zero-order valence-electron chi connectivity index (χ0n) is 14.8. The number of benzene rings is 2. The summed E-state index contributed by atoms with van der Waals surface area (Å²) in [5.74, 6) is 0.871. The molecule has 4 heteroatoms. The molecule has 1 amide bonds. The van der Waals surface area contributed by atoms with E-state index in [0.717, 1.165) is 30.1 Å². The molecule has 3 rings (SSSR count). The first-order valence-corrected chi connectivity index (χ1v) is 8.66. The molecule has 1 aliphatic rings. The van der Waals surface area contributed by atoms with Gasteiger partial charge in [0.05, 0.1) is 18.8 Å². The van der Waals surface area contributed by atoms with Gasteiger partial charge in [0.25, 0.3) is 0 Å². The first-order chi connectivity index (χ1) is 12.2. The maximum absolute atomic E-state index is 12.4. The minimum absolute atomic E-state index is 0.0191. The average molecular weight is 336 g/mol. The maximum Gasteiger partial charge on any atom is 0.246 e. The van der Waals surface area contributed by atoms with E-state index in [1.165, 1.54) is 0 Å². The van der Waals surface area contributed by atoms with Gasteiger partial charge < -0.3 is 14.5 Å². The van der Waals surface area contributed by atoms with E-state index >= 15 is 0 Å².